The van der Waals surface area contributed by atoms with Gasteiger partial charge >= 0.3 is 5.97 Å². The summed E-state index contributed by atoms with van der Waals surface area (Å²) >= 11 is 0. The molecule has 0 rings (SSSR count). The van der Waals surface area contributed by atoms with E-state index in [9.17, 15) is 4.79 Å². The van der Waals surface area contributed by atoms with Crippen LogP contribution in [0.15, 0.2) is 12.2 Å². The molecular weight excluding hydrogens is 296 g/mol. The summed E-state index contributed by atoms with van der Waals surface area (Å²) in [6, 6.07) is 0. The molecule has 0 aliphatic carbocycles. The first-order chi connectivity index (χ1) is 11.7. The zero-order chi connectivity index (χ0) is 17.9. The summed E-state index contributed by atoms with van der Waals surface area (Å²) in [5.41, 5.74) is 0. The fourth-order valence-electron chi connectivity index (χ4n) is 2.81. The van der Waals surface area contributed by atoms with Gasteiger partial charge in [0.2, 0.25) is 0 Å². The van der Waals surface area contributed by atoms with Gasteiger partial charge in [-0.3, -0.25) is 4.79 Å². The van der Waals surface area contributed by atoms with E-state index in [4.69, 9.17) is 4.74 Å². The molecule has 0 spiro atoms. The molecule has 2 heteroatoms. The molecule has 1 atom stereocenters. The van der Waals surface area contributed by atoms with Gasteiger partial charge in [-0.1, -0.05) is 84.3 Å². The van der Waals surface area contributed by atoms with Crippen LogP contribution in [0.25, 0.3) is 0 Å². The lowest BCUT2D eigenvalue weighted by Gasteiger charge is -2.10. The topological polar surface area (TPSA) is 26.3 Å². The van der Waals surface area contributed by atoms with E-state index in [0.29, 0.717) is 6.61 Å². The third-order valence-electron chi connectivity index (χ3n) is 4.50. The largest absolute Gasteiger partial charge is 0.465 e. The number of hydrogen-bond donors (Lipinski definition) is 0. The number of hydrogen-bond acceptors (Lipinski definition) is 2. The Bertz CT molecular complexity index is 296. The average Bonchev–Trinajstić information content (AvgIpc) is 2.59. The monoisotopic (exact) mass is 338 g/mol. The number of rotatable bonds is 17. The standard InChI is InChI=1S/C22H42O2/c1-4-6-7-8-9-10-11-12-13-14-15-16-17-18-19-21(3)22(23)24-20-5-2/h12-13,21H,4-11,14-20H2,1-3H3/b13-12-. The molecule has 142 valence electrons. The highest BCUT2D eigenvalue weighted by Crippen LogP contribution is 2.13. The number of carbonyl (C=O) groups excluding carboxylic acids is 1. The maximum absolute atomic E-state index is 11.6. The lowest BCUT2D eigenvalue weighted by molar-refractivity contribution is -0.148. The van der Waals surface area contributed by atoms with Crippen LogP contribution in [0, 0.1) is 5.92 Å². The van der Waals surface area contributed by atoms with Crippen LogP contribution >= 0.6 is 0 Å². The van der Waals surface area contributed by atoms with E-state index in [1.807, 2.05) is 13.8 Å². The molecule has 2 nitrogen and oxygen atoms in total. The van der Waals surface area contributed by atoms with Crippen LogP contribution in [0.3, 0.4) is 0 Å². The van der Waals surface area contributed by atoms with Crippen molar-refractivity contribution in [1.29, 1.82) is 0 Å². The molecule has 0 aromatic heterocycles. The first-order valence-corrected chi connectivity index (χ1v) is 10.5. The lowest BCUT2D eigenvalue weighted by atomic mass is 10.0. The van der Waals surface area contributed by atoms with Gasteiger partial charge in [0.05, 0.1) is 12.5 Å². The summed E-state index contributed by atoms with van der Waals surface area (Å²) < 4.78 is 5.17. The van der Waals surface area contributed by atoms with Crippen LogP contribution in [0.4, 0.5) is 0 Å². The van der Waals surface area contributed by atoms with Crippen molar-refractivity contribution >= 4 is 5.97 Å². The molecular formula is C22H42O2. The Morgan fingerprint density at radius 2 is 1.33 bits per heavy atom. The molecule has 0 saturated heterocycles. The van der Waals surface area contributed by atoms with Gasteiger partial charge in [0.25, 0.3) is 0 Å². The van der Waals surface area contributed by atoms with E-state index in [-0.39, 0.29) is 11.9 Å². The van der Waals surface area contributed by atoms with Gasteiger partial charge in [-0.05, 0) is 38.5 Å². The Kier molecular flexibility index (Phi) is 17.9. The molecule has 0 bridgehead atoms. The van der Waals surface area contributed by atoms with Gasteiger partial charge in [0, 0.05) is 0 Å². The smallest absolute Gasteiger partial charge is 0.308 e. The van der Waals surface area contributed by atoms with E-state index in [1.165, 1.54) is 70.6 Å². The van der Waals surface area contributed by atoms with E-state index >= 15 is 0 Å². The minimum atomic E-state index is -0.0190. The first-order valence-electron chi connectivity index (χ1n) is 10.5. The molecule has 0 amide bonds. The Balaban J connectivity index is 3.29. The van der Waals surface area contributed by atoms with Gasteiger partial charge in [-0.15, -0.1) is 0 Å². The van der Waals surface area contributed by atoms with Crippen molar-refractivity contribution in [2.45, 2.75) is 111 Å². The van der Waals surface area contributed by atoms with Gasteiger partial charge < -0.3 is 4.74 Å². The van der Waals surface area contributed by atoms with Crippen LogP contribution in [-0.2, 0) is 9.53 Å². The lowest BCUT2D eigenvalue weighted by Crippen LogP contribution is -2.15. The number of allylic oxidation sites excluding steroid dienone is 2. The van der Waals surface area contributed by atoms with Crippen molar-refractivity contribution in [2.75, 3.05) is 6.61 Å². The second-order valence-electron chi connectivity index (χ2n) is 7.09. The second kappa shape index (κ2) is 18.5. The highest BCUT2D eigenvalue weighted by Gasteiger charge is 2.13. The summed E-state index contributed by atoms with van der Waals surface area (Å²) in [6.45, 7) is 6.85. The number of ether oxygens (including phenoxy) is 1. The maximum Gasteiger partial charge on any atom is 0.308 e. The summed E-state index contributed by atoms with van der Waals surface area (Å²) in [7, 11) is 0. The Morgan fingerprint density at radius 3 is 1.92 bits per heavy atom. The SMILES string of the molecule is CCCCCCCC/C=C\CCCCCCC(C)C(=O)OCCC. The second-order valence-corrected chi connectivity index (χ2v) is 7.09. The number of unbranched alkanes of at least 4 members (excludes halogenated alkanes) is 10. The zero-order valence-electron chi connectivity index (χ0n) is 16.7. The highest BCUT2D eigenvalue weighted by atomic mass is 16.5. The van der Waals surface area contributed by atoms with Crippen molar-refractivity contribution in [3.05, 3.63) is 12.2 Å². The van der Waals surface area contributed by atoms with Crippen molar-refractivity contribution < 1.29 is 9.53 Å². The molecule has 0 aliphatic heterocycles. The van der Waals surface area contributed by atoms with Gasteiger partial charge in [-0.25, -0.2) is 0 Å². The molecule has 0 heterocycles. The van der Waals surface area contributed by atoms with Crippen molar-refractivity contribution in [2.24, 2.45) is 5.92 Å². The zero-order valence-corrected chi connectivity index (χ0v) is 16.7. The van der Waals surface area contributed by atoms with Crippen LogP contribution in [0.1, 0.15) is 111 Å². The Morgan fingerprint density at radius 1 is 0.792 bits per heavy atom. The Hall–Kier alpha value is -0.790. The summed E-state index contributed by atoms with van der Waals surface area (Å²) in [4.78, 5) is 11.6. The van der Waals surface area contributed by atoms with Crippen molar-refractivity contribution in [1.82, 2.24) is 0 Å². The van der Waals surface area contributed by atoms with Gasteiger partial charge in [0.1, 0.15) is 0 Å². The first kappa shape index (κ1) is 23.2. The van der Waals surface area contributed by atoms with Crippen LogP contribution in [0.2, 0.25) is 0 Å². The van der Waals surface area contributed by atoms with Crippen LogP contribution in [-0.4, -0.2) is 12.6 Å². The summed E-state index contributed by atoms with van der Waals surface area (Å²) in [6.07, 6.45) is 22.3. The van der Waals surface area contributed by atoms with Crippen molar-refractivity contribution in [3.8, 4) is 0 Å². The summed E-state index contributed by atoms with van der Waals surface area (Å²) in [5, 5.41) is 0. The average molecular weight is 339 g/mol. The summed E-state index contributed by atoms with van der Waals surface area (Å²) in [5.74, 6) is 0.0447. The van der Waals surface area contributed by atoms with E-state index in [1.54, 1.807) is 0 Å². The van der Waals surface area contributed by atoms with Crippen LogP contribution in [0.5, 0.6) is 0 Å². The fraction of sp³-hybridized carbons (Fsp3) is 0.864. The van der Waals surface area contributed by atoms with E-state index in [2.05, 4.69) is 19.1 Å². The highest BCUT2D eigenvalue weighted by molar-refractivity contribution is 5.71. The predicted octanol–water partition coefficient (Wildman–Crippen LogP) is 7.22. The van der Waals surface area contributed by atoms with E-state index < -0.39 is 0 Å². The molecule has 0 saturated carbocycles. The number of carbonyl (C=O) groups is 1. The molecule has 1 unspecified atom stereocenters. The molecule has 0 aromatic rings. The quantitative estimate of drug-likeness (QED) is 0.159. The maximum atomic E-state index is 11.6. The van der Waals surface area contributed by atoms with Crippen molar-refractivity contribution in [3.63, 3.8) is 0 Å². The normalized spacial score (nSPS) is 12.6. The van der Waals surface area contributed by atoms with Gasteiger partial charge in [0.15, 0.2) is 0 Å². The fourth-order valence-corrected chi connectivity index (χ4v) is 2.81. The third kappa shape index (κ3) is 16.1. The minimum absolute atomic E-state index is 0.0190. The van der Waals surface area contributed by atoms with Gasteiger partial charge in [-0.2, -0.15) is 0 Å². The molecule has 0 aliphatic rings. The molecule has 24 heavy (non-hydrogen) atoms. The predicted molar refractivity (Wildman–Crippen MR) is 105 cm³/mol. The Labute approximate surface area is 151 Å². The molecule has 0 fully saturated rings. The molecule has 0 radical (unpaired) electrons. The third-order valence-corrected chi connectivity index (χ3v) is 4.50. The molecule has 0 aromatic carbocycles. The number of esters is 1. The van der Waals surface area contributed by atoms with Crippen LogP contribution < -0.4 is 0 Å². The minimum Gasteiger partial charge on any atom is -0.465 e. The molecule has 0 N–H and O–H groups in total. The van der Waals surface area contributed by atoms with E-state index in [0.717, 1.165) is 19.3 Å².